The van der Waals surface area contributed by atoms with E-state index in [2.05, 4.69) is 15.5 Å². The summed E-state index contributed by atoms with van der Waals surface area (Å²) >= 11 is 0. The summed E-state index contributed by atoms with van der Waals surface area (Å²) < 4.78 is 7.25. The van der Waals surface area contributed by atoms with Gasteiger partial charge in [0.25, 0.3) is 5.91 Å². The first kappa shape index (κ1) is 15.8. The standard InChI is InChI=1S/C20H16N4O2/c1-26-17-12-6-5-10-15(17)18-22-23-19-16(11-7-13-24(18)19)21-20(25)14-8-3-2-4-9-14/h2-13H,1H3,(H,21,25). The highest BCUT2D eigenvalue weighted by Crippen LogP contribution is 2.29. The summed E-state index contributed by atoms with van der Waals surface area (Å²) in [5.41, 5.74) is 2.57. The molecule has 0 atom stereocenters. The van der Waals surface area contributed by atoms with Gasteiger partial charge in [-0.3, -0.25) is 9.20 Å². The van der Waals surface area contributed by atoms with Crippen LogP contribution in [0.5, 0.6) is 5.75 Å². The lowest BCUT2D eigenvalue weighted by molar-refractivity contribution is 0.102. The zero-order chi connectivity index (χ0) is 17.9. The van der Waals surface area contributed by atoms with E-state index < -0.39 is 0 Å². The number of carbonyl (C=O) groups is 1. The fraction of sp³-hybridized carbons (Fsp3) is 0.0500. The van der Waals surface area contributed by atoms with E-state index in [4.69, 9.17) is 4.74 Å². The second-order valence-corrected chi connectivity index (χ2v) is 5.66. The van der Waals surface area contributed by atoms with Crippen LogP contribution < -0.4 is 10.1 Å². The van der Waals surface area contributed by atoms with Crippen molar-refractivity contribution in [1.29, 1.82) is 0 Å². The molecule has 1 amide bonds. The zero-order valence-electron chi connectivity index (χ0n) is 14.1. The lowest BCUT2D eigenvalue weighted by Crippen LogP contribution is -2.12. The van der Waals surface area contributed by atoms with Gasteiger partial charge in [0.05, 0.1) is 18.4 Å². The van der Waals surface area contributed by atoms with Crippen molar-refractivity contribution in [2.24, 2.45) is 0 Å². The van der Waals surface area contributed by atoms with Crippen LogP contribution in [0, 0.1) is 0 Å². The third-order valence-corrected chi connectivity index (χ3v) is 4.07. The van der Waals surface area contributed by atoms with E-state index in [1.807, 2.05) is 59.1 Å². The third kappa shape index (κ3) is 2.77. The Morgan fingerprint density at radius 1 is 0.962 bits per heavy atom. The Hall–Kier alpha value is -3.67. The number of hydrogen-bond donors (Lipinski definition) is 1. The number of aromatic nitrogens is 3. The van der Waals surface area contributed by atoms with Crippen LogP contribution in [0.4, 0.5) is 5.69 Å². The molecule has 0 radical (unpaired) electrons. The largest absolute Gasteiger partial charge is 0.496 e. The molecular weight excluding hydrogens is 328 g/mol. The first-order valence-electron chi connectivity index (χ1n) is 8.11. The summed E-state index contributed by atoms with van der Waals surface area (Å²) in [6.45, 7) is 0. The number of ether oxygens (including phenoxy) is 1. The van der Waals surface area contributed by atoms with Crippen LogP contribution in [0.25, 0.3) is 17.0 Å². The van der Waals surface area contributed by atoms with Crippen LogP contribution >= 0.6 is 0 Å². The Labute approximate surface area is 150 Å². The molecule has 4 aromatic rings. The highest BCUT2D eigenvalue weighted by molar-refractivity contribution is 6.06. The molecule has 2 heterocycles. The summed E-state index contributed by atoms with van der Waals surface area (Å²) in [7, 11) is 1.62. The molecule has 0 bridgehead atoms. The van der Waals surface area contributed by atoms with Crippen molar-refractivity contribution >= 4 is 17.2 Å². The molecule has 6 nitrogen and oxygen atoms in total. The molecule has 1 N–H and O–H groups in total. The highest BCUT2D eigenvalue weighted by Gasteiger charge is 2.15. The van der Waals surface area contributed by atoms with E-state index in [0.717, 1.165) is 5.56 Å². The Morgan fingerprint density at radius 2 is 1.73 bits per heavy atom. The molecular formula is C20H16N4O2. The van der Waals surface area contributed by atoms with Crippen LogP contribution in [0.1, 0.15) is 10.4 Å². The fourth-order valence-corrected chi connectivity index (χ4v) is 2.81. The van der Waals surface area contributed by atoms with Crippen molar-refractivity contribution in [2.45, 2.75) is 0 Å². The highest BCUT2D eigenvalue weighted by atomic mass is 16.5. The number of hydrogen-bond acceptors (Lipinski definition) is 4. The van der Waals surface area contributed by atoms with Crippen molar-refractivity contribution in [3.05, 3.63) is 78.5 Å². The van der Waals surface area contributed by atoms with Crippen LogP contribution in [0.15, 0.2) is 72.9 Å². The molecule has 2 aromatic heterocycles. The summed E-state index contributed by atoms with van der Waals surface area (Å²) in [5.74, 6) is 1.16. The number of rotatable bonds is 4. The van der Waals surface area contributed by atoms with E-state index in [1.54, 1.807) is 25.3 Å². The van der Waals surface area contributed by atoms with E-state index >= 15 is 0 Å². The maximum absolute atomic E-state index is 12.4. The molecule has 0 unspecified atom stereocenters. The molecule has 2 aromatic carbocycles. The van der Waals surface area contributed by atoms with Gasteiger partial charge in [0, 0.05) is 11.8 Å². The van der Waals surface area contributed by atoms with Gasteiger partial charge in [0.15, 0.2) is 11.5 Å². The van der Waals surface area contributed by atoms with E-state index in [-0.39, 0.29) is 5.91 Å². The van der Waals surface area contributed by atoms with Crippen LogP contribution in [-0.4, -0.2) is 27.6 Å². The molecule has 0 aliphatic carbocycles. The number of carbonyl (C=O) groups excluding carboxylic acids is 1. The minimum Gasteiger partial charge on any atom is -0.496 e. The smallest absolute Gasteiger partial charge is 0.255 e. The molecule has 0 aliphatic rings. The Kier molecular flexibility index (Phi) is 4.07. The minimum atomic E-state index is -0.194. The fourth-order valence-electron chi connectivity index (χ4n) is 2.81. The van der Waals surface area contributed by atoms with E-state index in [9.17, 15) is 4.79 Å². The summed E-state index contributed by atoms with van der Waals surface area (Å²) in [6, 6.07) is 20.3. The number of fused-ring (bicyclic) bond motifs is 1. The Morgan fingerprint density at radius 3 is 2.54 bits per heavy atom. The molecule has 0 fully saturated rings. The summed E-state index contributed by atoms with van der Waals surface area (Å²) in [5, 5.41) is 11.5. The molecule has 0 aliphatic heterocycles. The molecule has 0 saturated carbocycles. The Balaban J connectivity index is 1.75. The van der Waals surface area contributed by atoms with Gasteiger partial charge in [-0.2, -0.15) is 0 Å². The maximum atomic E-state index is 12.4. The number of methoxy groups -OCH3 is 1. The molecule has 6 heteroatoms. The predicted octanol–water partition coefficient (Wildman–Crippen LogP) is 3.66. The first-order chi connectivity index (χ1) is 12.8. The quantitative estimate of drug-likeness (QED) is 0.613. The second-order valence-electron chi connectivity index (χ2n) is 5.66. The van der Waals surface area contributed by atoms with Gasteiger partial charge in [-0.15, -0.1) is 10.2 Å². The number of benzene rings is 2. The predicted molar refractivity (Wildman–Crippen MR) is 99.4 cm³/mol. The first-order valence-corrected chi connectivity index (χ1v) is 8.11. The van der Waals surface area contributed by atoms with Crippen LogP contribution in [0.3, 0.4) is 0 Å². The van der Waals surface area contributed by atoms with Crippen molar-refractivity contribution in [2.75, 3.05) is 12.4 Å². The van der Waals surface area contributed by atoms with Gasteiger partial charge in [-0.05, 0) is 36.4 Å². The second kappa shape index (κ2) is 6.68. The minimum absolute atomic E-state index is 0.194. The van der Waals surface area contributed by atoms with Crippen molar-refractivity contribution in [3.63, 3.8) is 0 Å². The van der Waals surface area contributed by atoms with Crippen LogP contribution in [0.2, 0.25) is 0 Å². The number of amides is 1. The van der Waals surface area contributed by atoms with Gasteiger partial charge in [-0.1, -0.05) is 30.3 Å². The monoisotopic (exact) mass is 344 g/mol. The summed E-state index contributed by atoms with van der Waals surface area (Å²) in [4.78, 5) is 12.4. The van der Waals surface area contributed by atoms with E-state index in [0.29, 0.717) is 28.5 Å². The maximum Gasteiger partial charge on any atom is 0.255 e. The number of anilines is 1. The van der Waals surface area contributed by atoms with Gasteiger partial charge >= 0.3 is 0 Å². The molecule has 4 rings (SSSR count). The lowest BCUT2D eigenvalue weighted by atomic mass is 10.2. The SMILES string of the molecule is COc1ccccc1-c1nnc2c(NC(=O)c3ccccc3)cccn12. The molecule has 0 spiro atoms. The average molecular weight is 344 g/mol. The molecule has 0 saturated heterocycles. The van der Waals surface area contributed by atoms with Crippen molar-refractivity contribution in [3.8, 4) is 17.1 Å². The van der Waals surface area contributed by atoms with Crippen LogP contribution in [-0.2, 0) is 0 Å². The molecule has 128 valence electrons. The average Bonchev–Trinajstić information content (AvgIpc) is 3.13. The van der Waals surface area contributed by atoms with Crippen molar-refractivity contribution in [1.82, 2.24) is 14.6 Å². The summed E-state index contributed by atoms with van der Waals surface area (Å²) in [6.07, 6.45) is 1.86. The number of nitrogens with zero attached hydrogens (tertiary/aromatic N) is 3. The van der Waals surface area contributed by atoms with Gasteiger partial charge in [-0.25, -0.2) is 0 Å². The van der Waals surface area contributed by atoms with Gasteiger partial charge < -0.3 is 10.1 Å². The zero-order valence-corrected chi connectivity index (χ0v) is 14.1. The number of pyridine rings is 1. The lowest BCUT2D eigenvalue weighted by Gasteiger charge is -2.08. The normalized spacial score (nSPS) is 10.7. The van der Waals surface area contributed by atoms with Crippen molar-refractivity contribution < 1.29 is 9.53 Å². The van der Waals surface area contributed by atoms with E-state index in [1.165, 1.54) is 0 Å². The topological polar surface area (TPSA) is 68.5 Å². The third-order valence-electron chi connectivity index (χ3n) is 4.07. The van der Waals surface area contributed by atoms with Gasteiger partial charge in [0.2, 0.25) is 0 Å². The van der Waals surface area contributed by atoms with Gasteiger partial charge in [0.1, 0.15) is 5.75 Å². The Bertz CT molecular complexity index is 1070. The number of nitrogens with one attached hydrogen (secondary N) is 1. The molecule has 26 heavy (non-hydrogen) atoms. The number of para-hydroxylation sites is 1.